The summed E-state index contributed by atoms with van der Waals surface area (Å²) in [7, 11) is 0. The minimum atomic E-state index is -1.17. The molecule has 1 aliphatic rings. The molecule has 2 amide bonds. The smallest absolute Gasteiger partial charge is 0.329 e. The molecule has 0 spiro atoms. The van der Waals surface area contributed by atoms with Crippen LogP contribution < -0.4 is 14.8 Å². The van der Waals surface area contributed by atoms with Gasteiger partial charge in [0, 0.05) is 12.1 Å². The van der Waals surface area contributed by atoms with Crippen LogP contribution in [0.4, 0.5) is 4.79 Å². The van der Waals surface area contributed by atoms with Gasteiger partial charge in [0.2, 0.25) is 0 Å². The van der Waals surface area contributed by atoms with Crippen molar-refractivity contribution in [3.8, 4) is 11.5 Å². The van der Waals surface area contributed by atoms with Crippen molar-refractivity contribution < 1.29 is 24.2 Å². The maximum atomic E-state index is 13.5. The molecule has 1 atom stereocenters. The van der Waals surface area contributed by atoms with Crippen molar-refractivity contribution in [2.75, 3.05) is 19.8 Å². The second-order valence-electron chi connectivity index (χ2n) is 9.49. The van der Waals surface area contributed by atoms with E-state index in [2.05, 4.69) is 17.4 Å². The molecule has 36 heavy (non-hydrogen) atoms. The molecule has 1 fully saturated rings. The van der Waals surface area contributed by atoms with Crippen LogP contribution in [0.15, 0.2) is 42.5 Å². The summed E-state index contributed by atoms with van der Waals surface area (Å²) in [6.45, 7) is 9.37. The minimum absolute atomic E-state index is 0.299. The number of rotatable bonds is 13. The van der Waals surface area contributed by atoms with E-state index in [9.17, 15) is 14.7 Å². The van der Waals surface area contributed by atoms with Crippen molar-refractivity contribution in [1.82, 2.24) is 10.2 Å². The van der Waals surface area contributed by atoms with Crippen molar-refractivity contribution in [3.05, 3.63) is 59.2 Å². The predicted octanol–water partition coefficient (Wildman–Crippen LogP) is 5.90. The summed E-state index contributed by atoms with van der Waals surface area (Å²) in [5.74, 6) is 0.498. The van der Waals surface area contributed by atoms with Crippen molar-refractivity contribution in [2.24, 2.45) is 0 Å². The van der Waals surface area contributed by atoms with Gasteiger partial charge in [-0.15, -0.1) is 0 Å². The number of carboxylic acids is 1. The van der Waals surface area contributed by atoms with E-state index in [4.69, 9.17) is 9.47 Å². The lowest BCUT2D eigenvalue weighted by Gasteiger charge is -2.41. The van der Waals surface area contributed by atoms with E-state index in [1.54, 1.807) is 4.90 Å². The average molecular weight is 497 g/mol. The number of benzene rings is 2. The number of carbonyl (C=O) groups is 2. The third-order valence-corrected chi connectivity index (χ3v) is 7.07. The van der Waals surface area contributed by atoms with Gasteiger partial charge < -0.3 is 24.8 Å². The standard InChI is InChI=1S/C29H40N2O5/c1-5-35-25-19-24(20-26(21(25)3)36-6-2)22(4)31(18-11-10-15-23-13-8-7-9-14-23)28(34)30-29(27(32)33)16-12-17-29/h7-9,13-14,19-20,22H,5-6,10-12,15-18H2,1-4H3,(H,30,34)(H,32,33)/t22-/m1/s1. The number of ether oxygens (including phenoxy) is 2. The third-order valence-electron chi connectivity index (χ3n) is 7.07. The molecular formula is C29H40N2O5. The molecule has 0 saturated heterocycles. The quantitative estimate of drug-likeness (QED) is 0.337. The molecule has 1 aliphatic carbocycles. The number of unbranched alkanes of at least 4 members (excludes halogenated alkanes) is 1. The van der Waals surface area contributed by atoms with Gasteiger partial charge in [0.25, 0.3) is 0 Å². The zero-order valence-electron chi connectivity index (χ0n) is 22.0. The molecule has 0 radical (unpaired) electrons. The summed E-state index contributed by atoms with van der Waals surface area (Å²) in [6.07, 6.45) is 4.36. The van der Waals surface area contributed by atoms with Crippen molar-refractivity contribution in [2.45, 2.75) is 77.8 Å². The molecule has 2 aromatic carbocycles. The predicted molar refractivity (Wildman–Crippen MR) is 141 cm³/mol. The Hall–Kier alpha value is -3.22. The molecule has 0 bridgehead atoms. The highest BCUT2D eigenvalue weighted by Crippen LogP contribution is 2.36. The normalized spacial score (nSPS) is 14.9. The fourth-order valence-corrected chi connectivity index (χ4v) is 4.64. The van der Waals surface area contributed by atoms with E-state index >= 15 is 0 Å². The van der Waals surface area contributed by atoms with Crippen molar-refractivity contribution in [1.29, 1.82) is 0 Å². The Morgan fingerprint density at radius 3 is 2.17 bits per heavy atom. The number of carbonyl (C=O) groups excluding carboxylic acids is 1. The molecule has 0 aromatic heterocycles. The zero-order chi connectivity index (χ0) is 26.1. The second kappa shape index (κ2) is 12.7. The first kappa shape index (κ1) is 27.4. The molecule has 2 N–H and O–H groups in total. The number of aryl methyl sites for hydroxylation is 1. The number of urea groups is 1. The summed E-state index contributed by atoms with van der Waals surface area (Å²) in [5.41, 5.74) is 1.91. The molecular weight excluding hydrogens is 456 g/mol. The van der Waals surface area contributed by atoms with E-state index in [1.807, 2.05) is 58.0 Å². The Labute approximate surface area is 214 Å². The topological polar surface area (TPSA) is 88.1 Å². The van der Waals surface area contributed by atoms with Gasteiger partial charge in [-0.2, -0.15) is 0 Å². The van der Waals surface area contributed by atoms with E-state index in [-0.39, 0.29) is 12.1 Å². The highest BCUT2D eigenvalue weighted by molar-refractivity contribution is 5.87. The molecule has 0 aliphatic heterocycles. The van der Waals surface area contributed by atoms with Gasteiger partial charge in [0.05, 0.1) is 19.3 Å². The van der Waals surface area contributed by atoms with E-state index in [0.29, 0.717) is 32.6 Å². The first-order valence-corrected chi connectivity index (χ1v) is 13.1. The van der Waals surface area contributed by atoms with Gasteiger partial charge in [-0.3, -0.25) is 0 Å². The summed E-state index contributed by atoms with van der Waals surface area (Å²) in [5, 5.41) is 12.6. The summed E-state index contributed by atoms with van der Waals surface area (Å²) in [4.78, 5) is 27.2. The Balaban J connectivity index is 1.83. The molecule has 3 rings (SSSR count). The van der Waals surface area contributed by atoms with E-state index in [0.717, 1.165) is 48.3 Å². The van der Waals surface area contributed by atoms with Crippen LogP contribution in [0.25, 0.3) is 0 Å². The van der Waals surface area contributed by atoms with Gasteiger partial charge in [-0.25, -0.2) is 9.59 Å². The van der Waals surface area contributed by atoms with Gasteiger partial charge in [-0.05, 0) is 89.5 Å². The second-order valence-corrected chi connectivity index (χ2v) is 9.49. The molecule has 7 heteroatoms. The van der Waals surface area contributed by atoms with Gasteiger partial charge in [-0.1, -0.05) is 30.3 Å². The van der Waals surface area contributed by atoms with Crippen LogP contribution in [-0.2, 0) is 11.2 Å². The van der Waals surface area contributed by atoms with Crippen LogP contribution in [-0.4, -0.2) is 47.3 Å². The summed E-state index contributed by atoms with van der Waals surface area (Å²) >= 11 is 0. The molecule has 0 unspecified atom stereocenters. The Morgan fingerprint density at radius 2 is 1.67 bits per heavy atom. The lowest BCUT2D eigenvalue weighted by Crippen LogP contribution is -2.61. The van der Waals surface area contributed by atoms with E-state index in [1.165, 1.54) is 5.56 Å². The van der Waals surface area contributed by atoms with Crippen LogP contribution in [0, 0.1) is 6.92 Å². The van der Waals surface area contributed by atoms with Crippen LogP contribution in [0.2, 0.25) is 0 Å². The van der Waals surface area contributed by atoms with E-state index < -0.39 is 11.5 Å². The monoisotopic (exact) mass is 496 g/mol. The first-order valence-electron chi connectivity index (χ1n) is 13.1. The summed E-state index contributed by atoms with van der Waals surface area (Å²) in [6, 6.07) is 13.6. The van der Waals surface area contributed by atoms with Crippen LogP contribution in [0.1, 0.15) is 75.6 Å². The van der Waals surface area contributed by atoms with Crippen LogP contribution >= 0.6 is 0 Å². The molecule has 2 aromatic rings. The zero-order valence-corrected chi connectivity index (χ0v) is 22.0. The number of aliphatic carboxylic acids is 1. The fourth-order valence-electron chi connectivity index (χ4n) is 4.64. The number of carboxylic acid groups (broad SMARTS) is 1. The maximum absolute atomic E-state index is 13.5. The number of nitrogens with one attached hydrogen (secondary N) is 1. The molecule has 196 valence electrons. The van der Waals surface area contributed by atoms with Crippen molar-refractivity contribution >= 4 is 12.0 Å². The van der Waals surface area contributed by atoms with Gasteiger partial charge in [0.15, 0.2) is 0 Å². The number of hydrogen-bond donors (Lipinski definition) is 2. The Kier molecular flexibility index (Phi) is 9.62. The Bertz CT molecular complexity index is 993. The molecule has 0 heterocycles. The van der Waals surface area contributed by atoms with Crippen molar-refractivity contribution in [3.63, 3.8) is 0 Å². The van der Waals surface area contributed by atoms with Gasteiger partial charge >= 0.3 is 12.0 Å². The summed E-state index contributed by atoms with van der Waals surface area (Å²) < 4.78 is 11.7. The minimum Gasteiger partial charge on any atom is -0.493 e. The highest BCUT2D eigenvalue weighted by Gasteiger charge is 2.46. The molecule has 1 saturated carbocycles. The largest absolute Gasteiger partial charge is 0.493 e. The third kappa shape index (κ3) is 6.50. The maximum Gasteiger partial charge on any atom is 0.329 e. The number of hydrogen-bond acceptors (Lipinski definition) is 4. The van der Waals surface area contributed by atoms with Gasteiger partial charge in [0.1, 0.15) is 17.0 Å². The number of nitrogens with zero attached hydrogens (tertiary/aromatic N) is 1. The fraction of sp³-hybridized carbons (Fsp3) is 0.517. The van der Waals surface area contributed by atoms with Crippen LogP contribution in [0.5, 0.6) is 11.5 Å². The SMILES string of the molecule is CCOc1cc([C@@H](C)N(CCCCc2ccccc2)C(=O)NC2(C(=O)O)CCC2)cc(OCC)c1C. The molecule has 7 nitrogen and oxygen atoms in total. The van der Waals surface area contributed by atoms with Crippen LogP contribution in [0.3, 0.4) is 0 Å². The number of amides is 2. The lowest BCUT2D eigenvalue weighted by atomic mass is 9.77. The first-order chi connectivity index (χ1) is 17.3. The lowest BCUT2D eigenvalue weighted by molar-refractivity contribution is -0.148. The Morgan fingerprint density at radius 1 is 1.06 bits per heavy atom. The average Bonchev–Trinajstić information content (AvgIpc) is 2.84. The highest BCUT2D eigenvalue weighted by atomic mass is 16.5.